The van der Waals surface area contributed by atoms with E-state index in [9.17, 15) is 19.2 Å². The second-order valence-corrected chi connectivity index (χ2v) is 5.76. The number of carbonyl (C=O) groups excluding carboxylic acids is 4. The maximum atomic E-state index is 12.5. The molecule has 1 unspecified atom stereocenters. The molecule has 1 fully saturated rings. The SMILES string of the molecule is Cc1ccc2c(c1)C(=O)C=C(CC1CCC(=O)NC1=O)C2=O. The summed E-state index contributed by atoms with van der Waals surface area (Å²) in [6.07, 6.45) is 2.19. The van der Waals surface area contributed by atoms with Crippen molar-refractivity contribution >= 4 is 23.4 Å². The fourth-order valence-corrected chi connectivity index (χ4v) is 2.88. The lowest BCUT2D eigenvalue weighted by molar-refractivity contribution is -0.136. The quantitative estimate of drug-likeness (QED) is 0.843. The lowest BCUT2D eigenvalue weighted by Gasteiger charge is -2.23. The Kier molecular flexibility index (Phi) is 3.48. The molecule has 22 heavy (non-hydrogen) atoms. The van der Waals surface area contributed by atoms with Crippen LogP contribution in [0.5, 0.6) is 0 Å². The first-order valence-electron chi connectivity index (χ1n) is 7.19. The Hall–Kier alpha value is -2.56. The van der Waals surface area contributed by atoms with Gasteiger partial charge in [0, 0.05) is 29.0 Å². The van der Waals surface area contributed by atoms with Gasteiger partial charge in [0.2, 0.25) is 11.8 Å². The molecule has 1 saturated heterocycles. The van der Waals surface area contributed by atoms with Gasteiger partial charge in [0.25, 0.3) is 0 Å². The zero-order valence-corrected chi connectivity index (χ0v) is 12.1. The standard InChI is InChI=1S/C17H15NO4/c1-9-2-4-12-13(6-9)14(19)8-11(16(12)21)7-10-3-5-15(20)18-17(10)22/h2,4,6,8,10H,3,5,7H2,1H3,(H,18,20,22). The van der Waals surface area contributed by atoms with Crippen LogP contribution in [0.25, 0.3) is 0 Å². The monoisotopic (exact) mass is 297 g/mol. The van der Waals surface area contributed by atoms with Crippen LogP contribution in [0.1, 0.15) is 45.5 Å². The number of rotatable bonds is 2. The molecule has 0 saturated carbocycles. The van der Waals surface area contributed by atoms with E-state index in [0.29, 0.717) is 23.1 Å². The Morgan fingerprint density at radius 1 is 1.14 bits per heavy atom. The molecular weight excluding hydrogens is 282 g/mol. The van der Waals surface area contributed by atoms with E-state index >= 15 is 0 Å². The normalized spacial score (nSPS) is 21.3. The average molecular weight is 297 g/mol. The van der Waals surface area contributed by atoms with Gasteiger partial charge in [0.05, 0.1) is 0 Å². The third kappa shape index (κ3) is 2.50. The van der Waals surface area contributed by atoms with Crippen molar-refractivity contribution in [3.05, 3.63) is 46.5 Å². The predicted octanol–water partition coefficient (Wildman–Crippen LogP) is 1.74. The highest BCUT2D eigenvalue weighted by Crippen LogP contribution is 2.28. The van der Waals surface area contributed by atoms with E-state index in [4.69, 9.17) is 0 Å². The number of hydrogen-bond acceptors (Lipinski definition) is 4. The Morgan fingerprint density at radius 2 is 1.91 bits per heavy atom. The fraction of sp³-hybridized carbons (Fsp3) is 0.294. The lowest BCUT2D eigenvalue weighted by atomic mass is 9.82. The predicted molar refractivity (Wildman–Crippen MR) is 78.4 cm³/mol. The molecule has 1 aliphatic carbocycles. The van der Waals surface area contributed by atoms with Crippen LogP contribution in [0.4, 0.5) is 0 Å². The zero-order valence-electron chi connectivity index (χ0n) is 12.1. The van der Waals surface area contributed by atoms with E-state index in [1.54, 1.807) is 18.2 Å². The maximum absolute atomic E-state index is 12.5. The minimum absolute atomic E-state index is 0.191. The number of ketones is 2. The third-order valence-corrected chi connectivity index (χ3v) is 4.10. The molecule has 0 spiro atoms. The highest BCUT2D eigenvalue weighted by molar-refractivity contribution is 6.24. The van der Waals surface area contributed by atoms with E-state index in [0.717, 1.165) is 5.56 Å². The molecule has 0 radical (unpaired) electrons. The summed E-state index contributed by atoms with van der Waals surface area (Å²) in [5.41, 5.74) is 2.06. The van der Waals surface area contributed by atoms with Crippen molar-refractivity contribution in [1.82, 2.24) is 5.32 Å². The summed E-state index contributed by atoms with van der Waals surface area (Å²) in [7, 11) is 0. The first-order chi connectivity index (χ1) is 10.5. The highest BCUT2D eigenvalue weighted by Gasteiger charge is 2.32. The van der Waals surface area contributed by atoms with Gasteiger partial charge in [-0.25, -0.2) is 0 Å². The zero-order chi connectivity index (χ0) is 15.9. The van der Waals surface area contributed by atoms with Crippen LogP contribution >= 0.6 is 0 Å². The van der Waals surface area contributed by atoms with E-state index < -0.39 is 5.92 Å². The molecular formula is C17H15NO4. The molecule has 112 valence electrons. The number of benzene rings is 1. The minimum Gasteiger partial charge on any atom is -0.296 e. The van der Waals surface area contributed by atoms with Crippen LogP contribution in [0.15, 0.2) is 29.8 Å². The molecule has 2 aliphatic rings. The van der Waals surface area contributed by atoms with Crippen molar-refractivity contribution in [2.24, 2.45) is 5.92 Å². The van der Waals surface area contributed by atoms with Crippen LogP contribution in [-0.2, 0) is 9.59 Å². The Labute approximate surface area is 127 Å². The molecule has 1 aromatic rings. The van der Waals surface area contributed by atoms with Crippen molar-refractivity contribution in [3.8, 4) is 0 Å². The molecule has 1 atom stereocenters. The molecule has 1 aliphatic heterocycles. The van der Waals surface area contributed by atoms with Crippen LogP contribution in [-0.4, -0.2) is 23.4 Å². The van der Waals surface area contributed by atoms with Gasteiger partial charge in [0.1, 0.15) is 0 Å². The van der Waals surface area contributed by atoms with Crippen molar-refractivity contribution in [3.63, 3.8) is 0 Å². The first-order valence-corrected chi connectivity index (χ1v) is 7.19. The summed E-state index contributed by atoms with van der Waals surface area (Å²) in [6, 6.07) is 5.15. The van der Waals surface area contributed by atoms with Crippen molar-refractivity contribution in [2.45, 2.75) is 26.2 Å². The summed E-state index contributed by atoms with van der Waals surface area (Å²) in [5, 5.41) is 2.27. The first kappa shape index (κ1) is 14.4. The lowest BCUT2D eigenvalue weighted by Crippen LogP contribution is -2.41. The molecule has 5 heteroatoms. The molecule has 1 N–H and O–H groups in total. The van der Waals surface area contributed by atoms with Crippen LogP contribution < -0.4 is 5.32 Å². The Bertz CT molecular complexity index is 745. The number of piperidine rings is 1. The maximum Gasteiger partial charge on any atom is 0.230 e. The van der Waals surface area contributed by atoms with Crippen LogP contribution in [0, 0.1) is 12.8 Å². The number of amides is 2. The van der Waals surface area contributed by atoms with E-state index in [1.165, 1.54) is 6.08 Å². The fourth-order valence-electron chi connectivity index (χ4n) is 2.88. The molecule has 1 heterocycles. The molecule has 3 rings (SSSR count). The number of imide groups is 1. The van der Waals surface area contributed by atoms with Gasteiger partial charge >= 0.3 is 0 Å². The summed E-state index contributed by atoms with van der Waals surface area (Å²) >= 11 is 0. The number of hydrogen-bond donors (Lipinski definition) is 1. The number of Topliss-reactive ketones (excluding diaryl/α,β-unsaturated/α-hetero) is 1. The van der Waals surface area contributed by atoms with Crippen molar-refractivity contribution < 1.29 is 19.2 Å². The third-order valence-electron chi connectivity index (χ3n) is 4.10. The smallest absolute Gasteiger partial charge is 0.230 e. The van der Waals surface area contributed by atoms with E-state index in [2.05, 4.69) is 5.32 Å². The molecule has 0 aromatic heterocycles. The Balaban J connectivity index is 1.86. The van der Waals surface area contributed by atoms with Crippen LogP contribution in [0.3, 0.4) is 0 Å². The number of allylic oxidation sites excluding steroid dienone is 2. The van der Waals surface area contributed by atoms with Gasteiger partial charge in [0.15, 0.2) is 11.6 Å². The van der Waals surface area contributed by atoms with Crippen LogP contribution in [0.2, 0.25) is 0 Å². The summed E-state index contributed by atoms with van der Waals surface area (Å²) in [4.78, 5) is 47.6. The molecule has 5 nitrogen and oxygen atoms in total. The number of nitrogens with one attached hydrogen (secondary N) is 1. The second kappa shape index (κ2) is 5.33. The minimum atomic E-state index is -0.437. The number of fused-ring (bicyclic) bond motifs is 1. The van der Waals surface area contributed by atoms with Gasteiger partial charge in [-0.2, -0.15) is 0 Å². The molecule has 0 bridgehead atoms. The van der Waals surface area contributed by atoms with Gasteiger partial charge < -0.3 is 0 Å². The van der Waals surface area contributed by atoms with Gasteiger partial charge in [-0.3, -0.25) is 24.5 Å². The largest absolute Gasteiger partial charge is 0.296 e. The average Bonchev–Trinajstić information content (AvgIpc) is 2.47. The summed E-state index contributed by atoms with van der Waals surface area (Å²) in [6.45, 7) is 1.86. The summed E-state index contributed by atoms with van der Waals surface area (Å²) < 4.78 is 0. The van der Waals surface area contributed by atoms with Gasteiger partial charge in [-0.15, -0.1) is 0 Å². The van der Waals surface area contributed by atoms with E-state index in [-0.39, 0.29) is 36.2 Å². The molecule has 1 aromatic carbocycles. The van der Waals surface area contributed by atoms with Gasteiger partial charge in [-0.1, -0.05) is 17.7 Å². The summed E-state index contributed by atoms with van der Waals surface area (Å²) in [5.74, 6) is -1.51. The second-order valence-electron chi connectivity index (χ2n) is 5.76. The number of aryl methyl sites for hydroxylation is 1. The van der Waals surface area contributed by atoms with E-state index in [1.807, 2.05) is 6.92 Å². The van der Waals surface area contributed by atoms with Crippen molar-refractivity contribution in [2.75, 3.05) is 0 Å². The van der Waals surface area contributed by atoms with Crippen molar-refractivity contribution in [1.29, 1.82) is 0 Å². The van der Waals surface area contributed by atoms with Gasteiger partial charge in [-0.05, 0) is 31.9 Å². The highest BCUT2D eigenvalue weighted by atomic mass is 16.2. The topological polar surface area (TPSA) is 80.3 Å². The Morgan fingerprint density at radius 3 is 2.64 bits per heavy atom. The molecule has 2 amide bonds. The number of carbonyl (C=O) groups is 4.